The molecule has 0 aliphatic carbocycles. The molecule has 4 heteroatoms. The molecule has 0 aromatic heterocycles. The number of rotatable bonds is 0. The summed E-state index contributed by atoms with van der Waals surface area (Å²) in [4.78, 5) is 0. The van der Waals surface area contributed by atoms with E-state index in [0.717, 1.165) is 0 Å². The zero-order valence-corrected chi connectivity index (χ0v) is 7.52. The summed E-state index contributed by atoms with van der Waals surface area (Å²) >= 11 is 4.19. The Labute approximate surface area is 71.3 Å². The van der Waals surface area contributed by atoms with Crippen LogP contribution in [0.1, 0.15) is 0 Å². The van der Waals surface area contributed by atoms with Crippen molar-refractivity contribution in [3.05, 3.63) is 8.99 Å². The topological polar surface area (TPSA) is 24.4 Å². The van der Waals surface area contributed by atoms with Crippen LogP contribution in [0.5, 0.6) is 0 Å². The fourth-order valence-electron chi connectivity index (χ4n) is 0.914. The van der Waals surface area contributed by atoms with Crippen LogP contribution in [0.25, 0.3) is 0 Å². The summed E-state index contributed by atoms with van der Waals surface area (Å²) in [6.45, 7) is 0. The number of hydrazone groups is 1. The Kier molecular flexibility index (Phi) is 1.45. The highest BCUT2D eigenvalue weighted by atomic mass is 127. The Morgan fingerprint density at radius 3 is 3.44 bits per heavy atom. The zero-order chi connectivity index (χ0) is 6.27. The summed E-state index contributed by atoms with van der Waals surface area (Å²) in [6.07, 6.45) is 4.20. The molecule has 0 fully saturated rings. The van der Waals surface area contributed by atoms with Crippen LogP contribution in [0.2, 0.25) is 0 Å². The van der Waals surface area contributed by atoms with Gasteiger partial charge in [-0.25, -0.2) is 0 Å². The lowest BCUT2D eigenvalue weighted by molar-refractivity contribution is 0.706. The van der Waals surface area contributed by atoms with Crippen molar-refractivity contribution in [2.24, 2.45) is 11.0 Å². The van der Waals surface area contributed by atoms with E-state index in [-0.39, 0.29) is 0 Å². The van der Waals surface area contributed by atoms with Crippen molar-refractivity contribution in [1.29, 1.82) is 0 Å². The average molecular weight is 252 g/mol. The molecule has 0 bridgehead atoms. The number of hydrogen-bond donors (Lipinski definition) is 1. The van der Waals surface area contributed by atoms with Crippen LogP contribution in [0.15, 0.2) is 14.1 Å². The molecule has 2 atom stereocenters. The summed E-state index contributed by atoms with van der Waals surface area (Å²) in [5, 5.41) is 4.46. The normalized spacial score (nSPS) is 38.1. The van der Waals surface area contributed by atoms with Crippen LogP contribution >= 0.6 is 34.4 Å². The number of hydrogen-bond acceptors (Lipinski definition) is 3. The van der Waals surface area contributed by atoms with Gasteiger partial charge < -0.3 is 0 Å². The molecule has 48 valence electrons. The van der Waals surface area contributed by atoms with Gasteiger partial charge in [0.05, 0.1) is 0 Å². The maximum atomic E-state index is 3.96. The zero-order valence-electron chi connectivity index (χ0n) is 4.54. The molecule has 2 heterocycles. The quantitative estimate of drug-likeness (QED) is 0.661. The minimum atomic E-state index is 0.497. The second kappa shape index (κ2) is 2.16. The Morgan fingerprint density at radius 2 is 2.67 bits per heavy atom. The summed E-state index contributed by atoms with van der Waals surface area (Å²) in [5.41, 5.74) is 3.02. The molecule has 0 amide bonds. The van der Waals surface area contributed by atoms with Crippen LogP contribution in [-0.4, -0.2) is 11.6 Å². The molecule has 0 radical (unpaired) electrons. The Hall–Kier alpha value is 0.290. The highest BCUT2D eigenvalue weighted by Gasteiger charge is 2.28. The van der Waals surface area contributed by atoms with E-state index in [1.807, 2.05) is 18.0 Å². The van der Waals surface area contributed by atoms with Crippen LogP contribution in [0, 0.1) is 5.92 Å². The average Bonchev–Trinajstić information content (AvgIpc) is 2.22. The number of halogens is 1. The second-order valence-corrected chi connectivity index (χ2v) is 5.07. The Balaban J connectivity index is 2.21. The molecule has 0 spiro atoms. The first-order valence-electron chi connectivity index (χ1n) is 2.69. The fraction of sp³-hybridized carbons (Fsp3) is 0.400. The van der Waals surface area contributed by atoms with E-state index < -0.39 is 0 Å². The third kappa shape index (κ3) is 0.980. The molecular formula is C5H5IN2S. The van der Waals surface area contributed by atoms with Crippen molar-refractivity contribution < 1.29 is 0 Å². The molecule has 2 aliphatic heterocycles. The predicted molar refractivity (Wildman–Crippen MR) is 48.6 cm³/mol. The highest BCUT2D eigenvalue weighted by molar-refractivity contribution is 14.1. The molecule has 2 nitrogen and oxygen atoms in total. The molecule has 2 unspecified atom stereocenters. The Bertz CT molecular complexity index is 189. The molecular weight excluding hydrogens is 247 g/mol. The van der Waals surface area contributed by atoms with Gasteiger partial charge in [-0.05, 0) is 22.6 Å². The van der Waals surface area contributed by atoms with Crippen molar-refractivity contribution in [2.75, 3.05) is 0 Å². The van der Waals surface area contributed by atoms with Crippen LogP contribution < -0.4 is 5.43 Å². The molecule has 0 saturated carbocycles. The smallest absolute Gasteiger partial charge is 0.105 e. The monoisotopic (exact) mass is 252 g/mol. The largest absolute Gasteiger partial charge is 0.296 e. The Morgan fingerprint density at radius 1 is 1.78 bits per heavy atom. The third-order valence-electron chi connectivity index (χ3n) is 1.36. The second-order valence-electron chi connectivity index (χ2n) is 1.99. The van der Waals surface area contributed by atoms with Crippen molar-refractivity contribution >= 4 is 40.6 Å². The molecule has 9 heavy (non-hydrogen) atoms. The van der Waals surface area contributed by atoms with Crippen LogP contribution in [0.3, 0.4) is 0 Å². The van der Waals surface area contributed by atoms with Gasteiger partial charge in [0, 0.05) is 15.0 Å². The third-order valence-corrected chi connectivity index (χ3v) is 3.52. The van der Waals surface area contributed by atoms with Gasteiger partial charge in [-0.15, -0.1) is 0 Å². The van der Waals surface area contributed by atoms with Crippen molar-refractivity contribution in [3.63, 3.8) is 0 Å². The first kappa shape index (κ1) is 6.03. The van der Waals surface area contributed by atoms with Gasteiger partial charge in [0.2, 0.25) is 0 Å². The van der Waals surface area contributed by atoms with Gasteiger partial charge in [-0.3, -0.25) is 5.43 Å². The molecule has 2 aliphatic rings. The van der Waals surface area contributed by atoms with Gasteiger partial charge in [0.1, 0.15) is 5.37 Å². The van der Waals surface area contributed by atoms with E-state index in [4.69, 9.17) is 0 Å². The van der Waals surface area contributed by atoms with Crippen LogP contribution in [0.4, 0.5) is 0 Å². The summed E-state index contributed by atoms with van der Waals surface area (Å²) < 4.78 is 1.38. The summed E-state index contributed by atoms with van der Waals surface area (Å²) in [6, 6.07) is 0. The number of fused-ring (bicyclic) bond motifs is 1. The number of nitrogens with one attached hydrogen (secondary N) is 1. The van der Waals surface area contributed by atoms with E-state index in [1.165, 1.54) is 2.91 Å². The minimum absolute atomic E-state index is 0.497. The van der Waals surface area contributed by atoms with E-state index in [9.17, 15) is 0 Å². The van der Waals surface area contributed by atoms with Gasteiger partial charge in [0.25, 0.3) is 0 Å². The van der Waals surface area contributed by atoms with Gasteiger partial charge in [-0.1, -0.05) is 17.8 Å². The van der Waals surface area contributed by atoms with E-state index in [2.05, 4.69) is 39.2 Å². The lowest BCUT2D eigenvalue weighted by Crippen LogP contribution is -2.18. The van der Waals surface area contributed by atoms with Crippen molar-refractivity contribution in [3.8, 4) is 0 Å². The van der Waals surface area contributed by atoms with Gasteiger partial charge in [-0.2, -0.15) is 5.10 Å². The standard InChI is InChI=1S/C5H5IN2S/c6-4-1-3-2-7-8-5(3)9-4/h1-3,5,8H. The van der Waals surface area contributed by atoms with Gasteiger partial charge in [0.15, 0.2) is 0 Å². The first-order chi connectivity index (χ1) is 4.36. The summed E-state index contributed by atoms with van der Waals surface area (Å²) in [5.74, 6) is 0.543. The fourth-order valence-corrected chi connectivity index (χ4v) is 3.05. The SMILES string of the molecule is IC1=CC2C=NNC2S1. The highest BCUT2D eigenvalue weighted by Crippen LogP contribution is 2.39. The molecule has 0 aromatic carbocycles. The number of thioether (sulfide) groups is 1. The predicted octanol–water partition coefficient (Wildman–Crippen LogP) is 1.54. The number of nitrogens with zero attached hydrogens (tertiary/aromatic N) is 1. The van der Waals surface area contributed by atoms with Crippen molar-refractivity contribution in [2.45, 2.75) is 5.37 Å². The molecule has 2 rings (SSSR count). The molecule has 0 saturated heterocycles. The lowest BCUT2D eigenvalue weighted by Gasteiger charge is -2.04. The maximum Gasteiger partial charge on any atom is 0.105 e. The van der Waals surface area contributed by atoms with Crippen molar-refractivity contribution in [1.82, 2.24) is 5.43 Å². The first-order valence-corrected chi connectivity index (χ1v) is 4.65. The lowest BCUT2D eigenvalue weighted by atomic mass is 10.2. The van der Waals surface area contributed by atoms with E-state index in [0.29, 0.717) is 11.3 Å². The van der Waals surface area contributed by atoms with Crippen LogP contribution in [-0.2, 0) is 0 Å². The molecule has 0 aromatic rings. The van der Waals surface area contributed by atoms with Gasteiger partial charge >= 0.3 is 0 Å². The maximum absolute atomic E-state index is 3.96. The van der Waals surface area contributed by atoms with E-state index in [1.54, 1.807) is 0 Å². The summed E-state index contributed by atoms with van der Waals surface area (Å²) in [7, 11) is 0. The molecule has 1 N–H and O–H groups in total. The van der Waals surface area contributed by atoms with E-state index >= 15 is 0 Å². The minimum Gasteiger partial charge on any atom is -0.296 e.